The average molecular weight is 290 g/mol. The van der Waals surface area contributed by atoms with Gasteiger partial charge in [0.15, 0.2) is 0 Å². The zero-order valence-corrected chi connectivity index (χ0v) is 12.9. The molecule has 0 radical (unpaired) electrons. The van der Waals surface area contributed by atoms with Crippen LogP contribution in [-0.2, 0) is 0 Å². The molecule has 0 heterocycles. The summed E-state index contributed by atoms with van der Waals surface area (Å²) in [4.78, 5) is 4.35. The average Bonchev–Trinajstić information content (AvgIpc) is 2.54. The van der Waals surface area contributed by atoms with Gasteiger partial charge >= 0.3 is 0 Å². The molecule has 0 aromatic heterocycles. The molecule has 0 atom stereocenters. The molecular weight excluding hydrogens is 268 g/mol. The third kappa shape index (κ3) is 6.23. The normalized spacial score (nSPS) is 11.7. The van der Waals surface area contributed by atoms with Crippen LogP contribution in [-0.4, -0.2) is 6.21 Å². The lowest BCUT2D eigenvalue weighted by Crippen LogP contribution is -1.87. The summed E-state index contributed by atoms with van der Waals surface area (Å²) < 4.78 is 0. The van der Waals surface area contributed by atoms with Gasteiger partial charge in [0.05, 0.1) is 5.69 Å². The van der Waals surface area contributed by atoms with E-state index in [4.69, 9.17) is 0 Å². The molecule has 0 aliphatic heterocycles. The summed E-state index contributed by atoms with van der Waals surface area (Å²) in [6, 6.07) is 18.3. The summed E-state index contributed by atoms with van der Waals surface area (Å²) in [6.45, 7) is 2.09. The molecule has 2 nitrogen and oxygen atoms in total. The highest BCUT2D eigenvalue weighted by Crippen LogP contribution is 2.09. The summed E-state index contributed by atoms with van der Waals surface area (Å²) in [5.41, 5.74) is 3.37. The molecule has 112 valence electrons. The van der Waals surface area contributed by atoms with E-state index >= 15 is 0 Å². The highest BCUT2D eigenvalue weighted by molar-refractivity contribution is 5.74. The fraction of sp³-hybridized carbons (Fsp3) is 0.150. The molecule has 2 rings (SSSR count). The molecule has 2 aromatic rings. The maximum Gasteiger partial charge on any atom is 0.0629 e. The van der Waals surface area contributed by atoms with Crippen molar-refractivity contribution in [3.63, 3.8) is 0 Å². The quantitative estimate of drug-likeness (QED) is 0.516. The lowest BCUT2D eigenvalue weighted by Gasteiger charge is -2.00. The number of para-hydroxylation sites is 1. The SMILES string of the molecule is Cc1cccc(NC=CCCC=CC=Nc2ccccc2)c1. The number of aryl methyl sites for hydroxylation is 1. The Balaban J connectivity index is 1.63. The van der Waals surface area contributed by atoms with Crippen LogP contribution < -0.4 is 5.32 Å². The van der Waals surface area contributed by atoms with Crippen molar-refractivity contribution < 1.29 is 0 Å². The topological polar surface area (TPSA) is 24.4 Å². The first-order valence-electron chi connectivity index (χ1n) is 7.57. The van der Waals surface area contributed by atoms with Gasteiger partial charge in [-0.2, -0.15) is 0 Å². The van der Waals surface area contributed by atoms with Crippen LogP contribution in [0.15, 0.2) is 84.0 Å². The van der Waals surface area contributed by atoms with Gasteiger partial charge < -0.3 is 5.32 Å². The first kappa shape index (κ1) is 15.8. The number of benzene rings is 2. The van der Waals surface area contributed by atoms with Crippen LogP contribution in [0.3, 0.4) is 0 Å². The van der Waals surface area contributed by atoms with Crippen LogP contribution in [0.1, 0.15) is 18.4 Å². The van der Waals surface area contributed by atoms with Crippen LogP contribution >= 0.6 is 0 Å². The first-order valence-corrected chi connectivity index (χ1v) is 7.57. The van der Waals surface area contributed by atoms with Gasteiger partial charge in [0.2, 0.25) is 0 Å². The molecule has 22 heavy (non-hydrogen) atoms. The predicted molar refractivity (Wildman–Crippen MR) is 96.9 cm³/mol. The van der Waals surface area contributed by atoms with Crippen LogP contribution in [0.4, 0.5) is 11.4 Å². The monoisotopic (exact) mass is 290 g/mol. The molecule has 0 bridgehead atoms. The predicted octanol–water partition coefficient (Wildman–Crippen LogP) is 5.66. The number of hydrogen-bond donors (Lipinski definition) is 1. The van der Waals surface area contributed by atoms with Gasteiger partial charge in [-0.15, -0.1) is 0 Å². The van der Waals surface area contributed by atoms with E-state index in [1.165, 1.54) is 5.56 Å². The van der Waals surface area contributed by atoms with E-state index in [2.05, 4.69) is 53.7 Å². The molecule has 0 amide bonds. The van der Waals surface area contributed by atoms with Crippen molar-refractivity contribution in [2.24, 2.45) is 4.99 Å². The van der Waals surface area contributed by atoms with Crippen molar-refractivity contribution in [2.75, 3.05) is 5.32 Å². The van der Waals surface area contributed by atoms with Crippen LogP contribution in [0.5, 0.6) is 0 Å². The van der Waals surface area contributed by atoms with E-state index < -0.39 is 0 Å². The standard InChI is InChI=1S/C20H22N2/c1-18-11-10-14-20(17-18)22-16-9-4-2-3-8-15-21-19-12-6-5-7-13-19/h3,5-17,22H,2,4H2,1H3. The maximum atomic E-state index is 4.35. The second-order valence-electron chi connectivity index (χ2n) is 5.04. The minimum Gasteiger partial charge on any atom is -0.362 e. The van der Waals surface area contributed by atoms with Gasteiger partial charge in [-0.3, -0.25) is 4.99 Å². The second kappa shape index (κ2) is 9.35. The molecule has 0 spiro atoms. The molecule has 0 aliphatic rings. The van der Waals surface area contributed by atoms with Crippen LogP contribution in [0.25, 0.3) is 0 Å². The van der Waals surface area contributed by atoms with Crippen molar-refractivity contribution in [3.8, 4) is 0 Å². The Bertz CT molecular complexity index is 640. The summed E-state index contributed by atoms with van der Waals surface area (Å²) in [7, 11) is 0. The van der Waals surface area contributed by atoms with Gasteiger partial charge in [0.1, 0.15) is 0 Å². The van der Waals surface area contributed by atoms with E-state index in [1.54, 1.807) is 0 Å². The van der Waals surface area contributed by atoms with Gasteiger partial charge in [0.25, 0.3) is 0 Å². The summed E-state index contributed by atoms with van der Waals surface area (Å²) in [5, 5.41) is 3.28. The lowest BCUT2D eigenvalue weighted by molar-refractivity contribution is 1.05. The Morgan fingerprint density at radius 1 is 0.955 bits per heavy atom. The van der Waals surface area contributed by atoms with Gasteiger partial charge in [-0.1, -0.05) is 42.5 Å². The highest BCUT2D eigenvalue weighted by atomic mass is 14.8. The van der Waals surface area contributed by atoms with E-state index in [1.807, 2.05) is 48.8 Å². The van der Waals surface area contributed by atoms with Crippen molar-refractivity contribution in [1.29, 1.82) is 0 Å². The Labute approximate surface area is 132 Å². The number of hydrogen-bond acceptors (Lipinski definition) is 2. The number of anilines is 1. The van der Waals surface area contributed by atoms with Gasteiger partial charge in [-0.25, -0.2) is 0 Å². The fourth-order valence-electron chi connectivity index (χ4n) is 1.97. The van der Waals surface area contributed by atoms with E-state index in [-0.39, 0.29) is 0 Å². The van der Waals surface area contributed by atoms with Gasteiger partial charge in [0, 0.05) is 11.9 Å². The minimum absolute atomic E-state index is 0.981. The zero-order valence-electron chi connectivity index (χ0n) is 12.9. The molecule has 0 aliphatic carbocycles. The molecule has 0 unspecified atom stereocenters. The number of unbranched alkanes of at least 4 members (excludes halogenated alkanes) is 1. The highest BCUT2D eigenvalue weighted by Gasteiger charge is 1.87. The van der Waals surface area contributed by atoms with Crippen LogP contribution in [0.2, 0.25) is 0 Å². The summed E-state index contributed by atoms with van der Waals surface area (Å²) >= 11 is 0. The summed E-state index contributed by atoms with van der Waals surface area (Å²) in [6.07, 6.45) is 12.1. The molecule has 0 saturated carbocycles. The van der Waals surface area contributed by atoms with Crippen molar-refractivity contribution in [1.82, 2.24) is 0 Å². The molecule has 2 heteroatoms. The zero-order chi connectivity index (χ0) is 15.5. The Morgan fingerprint density at radius 2 is 1.77 bits per heavy atom. The first-order chi connectivity index (χ1) is 10.8. The van der Waals surface area contributed by atoms with Crippen molar-refractivity contribution in [3.05, 3.63) is 84.6 Å². The third-order valence-electron chi connectivity index (χ3n) is 3.09. The number of nitrogens with zero attached hydrogens (tertiary/aromatic N) is 1. The number of nitrogens with one attached hydrogen (secondary N) is 1. The molecule has 0 fully saturated rings. The van der Waals surface area contributed by atoms with E-state index in [0.29, 0.717) is 0 Å². The molecule has 1 N–H and O–H groups in total. The smallest absolute Gasteiger partial charge is 0.0629 e. The molecule has 0 saturated heterocycles. The van der Waals surface area contributed by atoms with Gasteiger partial charge in [-0.05, 0) is 61.9 Å². The van der Waals surface area contributed by atoms with E-state index in [0.717, 1.165) is 24.2 Å². The molecule has 2 aromatic carbocycles. The summed E-state index contributed by atoms with van der Waals surface area (Å²) in [5.74, 6) is 0. The number of rotatable bonds is 7. The maximum absolute atomic E-state index is 4.35. The van der Waals surface area contributed by atoms with Crippen LogP contribution in [0, 0.1) is 6.92 Å². The Hall–Kier alpha value is -2.61. The lowest BCUT2D eigenvalue weighted by atomic mass is 10.2. The number of aliphatic imine (C=N–C) groups is 1. The Morgan fingerprint density at radius 3 is 2.59 bits per heavy atom. The Kier molecular flexibility index (Phi) is 6.70. The third-order valence-corrected chi connectivity index (χ3v) is 3.09. The fourth-order valence-corrected chi connectivity index (χ4v) is 1.97. The van der Waals surface area contributed by atoms with Crippen molar-refractivity contribution in [2.45, 2.75) is 19.8 Å². The largest absolute Gasteiger partial charge is 0.362 e. The number of allylic oxidation sites excluding steroid dienone is 3. The molecular formula is C20H22N2. The van der Waals surface area contributed by atoms with E-state index in [9.17, 15) is 0 Å². The second-order valence-corrected chi connectivity index (χ2v) is 5.04. The van der Waals surface area contributed by atoms with Crippen molar-refractivity contribution >= 4 is 17.6 Å². The minimum atomic E-state index is 0.981.